The maximum Gasteiger partial charge on any atom is 0.306 e. The van der Waals surface area contributed by atoms with Gasteiger partial charge in [-0.3, -0.25) is 9.36 Å². The summed E-state index contributed by atoms with van der Waals surface area (Å²) in [6.07, 6.45) is 4.74. The van der Waals surface area contributed by atoms with Crippen LogP contribution in [0.1, 0.15) is 0 Å². The summed E-state index contributed by atoms with van der Waals surface area (Å²) in [6, 6.07) is 9.33. The number of pyridine rings is 1. The molecule has 0 unspecified atom stereocenters. The van der Waals surface area contributed by atoms with Gasteiger partial charge in [0.25, 0.3) is 0 Å². The summed E-state index contributed by atoms with van der Waals surface area (Å²) in [5.74, 6) is 0. The summed E-state index contributed by atoms with van der Waals surface area (Å²) >= 11 is 0. The zero-order chi connectivity index (χ0) is 11.0. The Morgan fingerprint density at radius 2 is 2.06 bits per heavy atom. The van der Waals surface area contributed by atoms with Crippen molar-refractivity contribution in [1.29, 1.82) is 0 Å². The lowest BCUT2D eigenvalue weighted by Gasteiger charge is -2.05. The van der Waals surface area contributed by atoms with Crippen molar-refractivity contribution in [2.24, 2.45) is 0 Å². The van der Waals surface area contributed by atoms with E-state index in [1.807, 2.05) is 18.2 Å². The van der Waals surface area contributed by atoms with Crippen molar-refractivity contribution in [1.82, 2.24) is 9.55 Å². The summed E-state index contributed by atoms with van der Waals surface area (Å²) in [5, 5.41) is 0.656. The van der Waals surface area contributed by atoms with Crippen LogP contribution in [0.15, 0.2) is 58.2 Å². The van der Waals surface area contributed by atoms with Gasteiger partial charge >= 0.3 is 6.01 Å². The molecule has 0 atom stereocenters. The number of aromatic nitrogens is 2. The monoisotopic (exact) mass is 212 g/mol. The highest BCUT2D eigenvalue weighted by atomic mass is 16.4. The van der Waals surface area contributed by atoms with Gasteiger partial charge in [-0.25, -0.2) is 4.98 Å². The minimum absolute atomic E-state index is 0.00148. The van der Waals surface area contributed by atoms with E-state index in [1.54, 1.807) is 23.0 Å². The molecule has 3 aromatic rings. The Hall–Kier alpha value is -2.36. The van der Waals surface area contributed by atoms with E-state index >= 15 is 0 Å². The molecule has 0 radical (unpaired) electrons. The van der Waals surface area contributed by atoms with Gasteiger partial charge in [0.15, 0.2) is 5.43 Å². The van der Waals surface area contributed by atoms with E-state index < -0.39 is 0 Å². The number of nitrogens with zero attached hydrogens (tertiary/aromatic N) is 2. The second-order valence-corrected chi connectivity index (χ2v) is 3.38. The lowest BCUT2D eigenvalue weighted by Crippen LogP contribution is -2.06. The molecule has 0 amide bonds. The van der Waals surface area contributed by atoms with Crippen molar-refractivity contribution in [2.45, 2.75) is 0 Å². The molecule has 0 saturated heterocycles. The summed E-state index contributed by atoms with van der Waals surface area (Å²) < 4.78 is 6.96. The number of para-hydroxylation sites is 1. The minimum Gasteiger partial charge on any atom is -0.432 e. The third kappa shape index (κ3) is 1.24. The van der Waals surface area contributed by atoms with Crippen LogP contribution in [0.4, 0.5) is 0 Å². The second-order valence-electron chi connectivity index (χ2n) is 3.38. The Kier molecular flexibility index (Phi) is 1.86. The van der Waals surface area contributed by atoms with E-state index in [4.69, 9.17) is 4.42 Å². The standard InChI is InChI=1S/C12H8N2O2/c15-11-5-7-14(12-13-6-8-16-12)10-4-2-1-3-9(10)11/h1-8H. The summed E-state index contributed by atoms with van der Waals surface area (Å²) in [4.78, 5) is 15.7. The van der Waals surface area contributed by atoms with E-state index in [0.29, 0.717) is 11.4 Å². The first-order valence-corrected chi connectivity index (χ1v) is 4.86. The summed E-state index contributed by atoms with van der Waals surface area (Å²) in [5.41, 5.74) is 0.788. The Balaban J connectivity index is 2.43. The SMILES string of the molecule is O=c1ccn(-c2ncco2)c2ccccc12. The van der Waals surface area contributed by atoms with Crippen molar-refractivity contribution in [3.8, 4) is 6.01 Å². The van der Waals surface area contributed by atoms with Gasteiger partial charge in [-0.1, -0.05) is 12.1 Å². The molecule has 0 aliphatic carbocycles. The summed E-state index contributed by atoms with van der Waals surface area (Å²) in [7, 11) is 0. The van der Waals surface area contributed by atoms with Gasteiger partial charge in [0.05, 0.1) is 11.7 Å². The topological polar surface area (TPSA) is 48.0 Å². The number of fused-ring (bicyclic) bond motifs is 1. The first-order valence-electron chi connectivity index (χ1n) is 4.86. The number of hydrogen-bond donors (Lipinski definition) is 0. The molecule has 4 heteroatoms. The molecule has 3 rings (SSSR count). The predicted octanol–water partition coefficient (Wildman–Crippen LogP) is 1.98. The van der Waals surface area contributed by atoms with Crippen LogP contribution in [0.2, 0.25) is 0 Å². The van der Waals surface area contributed by atoms with Crippen LogP contribution in [-0.4, -0.2) is 9.55 Å². The van der Waals surface area contributed by atoms with Crippen LogP contribution in [-0.2, 0) is 0 Å². The molecule has 1 aromatic carbocycles. The lowest BCUT2D eigenvalue weighted by molar-refractivity contribution is 0.531. The molecule has 4 nitrogen and oxygen atoms in total. The molecule has 0 aliphatic heterocycles. The Morgan fingerprint density at radius 3 is 2.88 bits per heavy atom. The van der Waals surface area contributed by atoms with Crippen LogP contribution in [0.5, 0.6) is 0 Å². The maximum absolute atomic E-state index is 11.6. The Morgan fingerprint density at radius 1 is 1.19 bits per heavy atom. The van der Waals surface area contributed by atoms with E-state index in [9.17, 15) is 4.79 Å². The number of oxazole rings is 1. The molecule has 78 valence electrons. The predicted molar refractivity (Wildman–Crippen MR) is 59.6 cm³/mol. The van der Waals surface area contributed by atoms with Crippen molar-refractivity contribution in [3.05, 3.63) is 59.2 Å². The quantitative estimate of drug-likeness (QED) is 0.619. The molecule has 2 aromatic heterocycles. The molecule has 0 N–H and O–H groups in total. The van der Waals surface area contributed by atoms with Crippen molar-refractivity contribution < 1.29 is 4.42 Å². The Bertz CT molecular complexity index is 684. The molecule has 0 spiro atoms. The largest absolute Gasteiger partial charge is 0.432 e. The molecular weight excluding hydrogens is 204 g/mol. The zero-order valence-corrected chi connectivity index (χ0v) is 8.33. The van der Waals surface area contributed by atoms with Gasteiger partial charge in [-0.05, 0) is 12.1 Å². The van der Waals surface area contributed by atoms with E-state index in [-0.39, 0.29) is 5.43 Å². The van der Waals surface area contributed by atoms with Crippen LogP contribution in [0, 0.1) is 0 Å². The average Bonchev–Trinajstić information content (AvgIpc) is 2.83. The lowest BCUT2D eigenvalue weighted by atomic mass is 10.2. The van der Waals surface area contributed by atoms with E-state index in [0.717, 1.165) is 5.52 Å². The second kappa shape index (κ2) is 3.34. The van der Waals surface area contributed by atoms with E-state index in [1.165, 1.54) is 12.3 Å². The number of rotatable bonds is 1. The third-order valence-electron chi connectivity index (χ3n) is 2.43. The van der Waals surface area contributed by atoms with Gasteiger partial charge in [0, 0.05) is 17.6 Å². The number of benzene rings is 1. The normalized spacial score (nSPS) is 10.8. The first kappa shape index (κ1) is 8.91. The van der Waals surface area contributed by atoms with Crippen molar-refractivity contribution in [2.75, 3.05) is 0 Å². The highest BCUT2D eigenvalue weighted by molar-refractivity contribution is 5.79. The fourth-order valence-electron chi connectivity index (χ4n) is 1.71. The average molecular weight is 212 g/mol. The first-order chi connectivity index (χ1) is 7.86. The molecule has 16 heavy (non-hydrogen) atoms. The van der Waals surface area contributed by atoms with Gasteiger partial charge in [0.2, 0.25) is 0 Å². The van der Waals surface area contributed by atoms with Crippen LogP contribution in [0.25, 0.3) is 16.9 Å². The Labute approximate surface area is 90.8 Å². The third-order valence-corrected chi connectivity index (χ3v) is 2.43. The molecular formula is C12H8N2O2. The smallest absolute Gasteiger partial charge is 0.306 e. The van der Waals surface area contributed by atoms with Gasteiger partial charge in [-0.15, -0.1) is 0 Å². The molecule has 2 heterocycles. The van der Waals surface area contributed by atoms with Gasteiger partial charge in [-0.2, -0.15) is 0 Å². The maximum atomic E-state index is 11.6. The van der Waals surface area contributed by atoms with Crippen molar-refractivity contribution in [3.63, 3.8) is 0 Å². The molecule has 0 saturated carbocycles. The molecule has 0 bridgehead atoms. The molecule has 0 aliphatic rings. The minimum atomic E-state index is -0.00148. The highest BCUT2D eigenvalue weighted by Crippen LogP contribution is 2.13. The van der Waals surface area contributed by atoms with Gasteiger partial charge < -0.3 is 4.42 Å². The van der Waals surface area contributed by atoms with Crippen LogP contribution in [0.3, 0.4) is 0 Å². The van der Waals surface area contributed by atoms with Crippen molar-refractivity contribution >= 4 is 10.9 Å². The van der Waals surface area contributed by atoms with Gasteiger partial charge in [0.1, 0.15) is 6.26 Å². The highest BCUT2D eigenvalue weighted by Gasteiger charge is 2.05. The number of hydrogen-bond acceptors (Lipinski definition) is 3. The van der Waals surface area contributed by atoms with Crippen LogP contribution < -0.4 is 5.43 Å². The fraction of sp³-hybridized carbons (Fsp3) is 0. The van der Waals surface area contributed by atoms with Crippen LogP contribution >= 0.6 is 0 Å². The zero-order valence-electron chi connectivity index (χ0n) is 8.33. The van der Waals surface area contributed by atoms with E-state index in [2.05, 4.69) is 4.98 Å². The summed E-state index contributed by atoms with van der Waals surface area (Å²) in [6.45, 7) is 0. The fourth-order valence-corrected chi connectivity index (χ4v) is 1.71. The molecule has 0 fully saturated rings.